The van der Waals surface area contributed by atoms with Crippen LogP contribution in [0.15, 0.2) is 18.3 Å². The van der Waals surface area contributed by atoms with Gasteiger partial charge >= 0.3 is 0 Å². The van der Waals surface area contributed by atoms with E-state index in [0.29, 0.717) is 18.5 Å². The average molecular weight is 249 g/mol. The molecular weight excluding hydrogens is 226 g/mol. The van der Waals surface area contributed by atoms with Crippen molar-refractivity contribution in [2.75, 3.05) is 25.1 Å². The van der Waals surface area contributed by atoms with Gasteiger partial charge in [0.15, 0.2) is 0 Å². The predicted molar refractivity (Wildman–Crippen MR) is 74.1 cm³/mol. The summed E-state index contributed by atoms with van der Waals surface area (Å²) in [6.07, 6.45) is 8.37. The highest BCUT2D eigenvalue weighted by Crippen LogP contribution is 2.28. The van der Waals surface area contributed by atoms with Crippen molar-refractivity contribution in [3.05, 3.63) is 18.3 Å². The van der Waals surface area contributed by atoms with Gasteiger partial charge in [0.25, 0.3) is 0 Å². The second-order valence-corrected chi connectivity index (χ2v) is 4.83. The molecule has 0 aromatic carbocycles. The Balaban J connectivity index is 2.16. The molecule has 1 aromatic heterocycles. The summed E-state index contributed by atoms with van der Waals surface area (Å²) in [5, 5.41) is 0. The molecule has 1 aliphatic carbocycles. The van der Waals surface area contributed by atoms with E-state index < -0.39 is 0 Å². The maximum atomic E-state index is 5.76. The summed E-state index contributed by atoms with van der Waals surface area (Å²) in [7, 11) is 1.65. The monoisotopic (exact) mass is 249 g/mol. The average Bonchev–Trinajstić information content (AvgIpc) is 2.46. The van der Waals surface area contributed by atoms with Gasteiger partial charge in [0.05, 0.1) is 7.11 Å². The minimum Gasteiger partial charge on any atom is -0.481 e. The Morgan fingerprint density at radius 3 is 2.83 bits per heavy atom. The molecular formula is C14H23N3O. The van der Waals surface area contributed by atoms with E-state index in [4.69, 9.17) is 10.5 Å². The van der Waals surface area contributed by atoms with Gasteiger partial charge in [-0.05, 0) is 18.9 Å². The fourth-order valence-electron chi connectivity index (χ4n) is 2.74. The number of anilines is 1. The first kappa shape index (κ1) is 13.1. The lowest BCUT2D eigenvalue weighted by atomic mass is 9.94. The van der Waals surface area contributed by atoms with E-state index in [1.54, 1.807) is 13.3 Å². The van der Waals surface area contributed by atoms with Crippen LogP contribution in [0.5, 0.6) is 5.88 Å². The Labute approximate surface area is 109 Å². The van der Waals surface area contributed by atoms with Crippen molar-refractivity contribution in [2.45, 2.75) is 38.1 Å². The van der Waals surface area contributed by atoms with Crippen LogP contribution in [-0.4, -0.2) is 31.2 Å². The third-order valence-corrected chi connectivity index (χ3v) is 3.64. The fraction of sp³-hybridized carbons (Fsp3) is 0.643. The van der Waals surface area contributed by atoms with Crippen LogP contribution >= 0.6 is 0 Å². The van der Waals surface area contributed by atoms with E-state index in [2.05, 4.69) is 9.88 Å². The molecule has 18 heavy (non-hydrogen) atoms. The van der Waals surface area contributed by atoms with Crippen molar-refractivity contribution in [3.63, 3.8) is 0 Å². The molecule has 100 valence electrons. The Morgan fingerprint density at radius 2 is 2.17 bits per heavy atom. The van der Waals surface area contributed by atoms with E-state index in [0.717, 1.165) is 6.54 Å². The number of nitrogens with two attached hydrogens (primary N) is 1. The van der Waals surface area contributed by atoms with Crippen molar-refractivity contribution in [3.8, 4) is 5.88 Å². The molecule has 0 spiro atoms. The maximum Gasteiger partial charge on any atom is 0.214 e. The Kier molecular flexibility index (Phi) is 4.81. The zero-order chi connectivity index (χ0) is 12.8. The van der Waals surface area contributed by atoms with Crippen LogP contribution in [0.3, 0.4) is 0 Å². The van der Waals surface area contributed by atoms with E-state index >= 15 is 0 Å². The largest absolute Gasteiger partial charge is 0.481 e. The number of ether oxygens (including phenoxy) is 1. The number of hydrogen-bond acceptors (Lipinski definition) is 4. The molecule has 1 fully saturated rings. The molecule has 0 aliphatic heterocycles. The van der Waals surface area contributed by atoms with Crippen LogP contribution < -0.4 is 15.4 Å². The third kappa shape index (κ3) is 3.13. The highest BCUT2D eigenvalue weighted by molar-refractivity contribution is 5.49. The van der Waals surface area contributed by atoms with Gasteiger partial charge in [0.2, 0.25) is 5.88 Å². The standard InChI is InChI=1S/C14H23N3O/c1-18-14-11-13(7-9-16-14)17(10-8-15)12-5-3-2-4-6-12/h7,9,11-12H,2-6,8,10,15H2,1H3. The van der Waals surface area contributed by atoms with Gasteiger partial charge in [-0.2, -0.15) is 0 Å². The highest BCUT2D eigenvalue weighted by Gasteiger charge is 2.21. The van der Waals surface area contributed by atoms with Crippen LogP contribution in [0.2, 0.25) is 0 Å². The fourth-order valence-corrected chi connectivity index (χ4v) is 2.74. The Hall–Kier alpha value is -1.29. The molecule has 1 saturated carbocycles. The molecule has 1 heterocycles. The summed E-state index contributed by atoms with van der Waals surface area (Å²) in [6.45, 7) is 1.58. The van der Waals surface area contributed by atoms with Gasteiger partial charge in [-0.1, -0.05) is 19.3 Å². The molecule has 0 saturated heterocycles. The first-order valence-corrected chi connectivity index (χ1v) is 6.82. The van der Waals surface area contributed by atoms with Gasteiger partial charge in [-0.3, -0.25) is 0 Å². The molecule has 0 atom stereocenters. The first-order chi connectivity index (χ1) is 8.85. The van der Waals surface area contributed by atoms with Gasteiger partial charge in [0, 0.05) is 37.1 Å². The molecule has 0 unspecified atom stereocenters. The number of pyridine rings is 1. The quantitative estimate of drug-likeness (QED) is 0.869. The number of aromatic nitrogens is 1. The summed E-state index contributed by atoms with van der Waals surface area (Å²) in [6, 6.07) is 4.67. The van der Waals surface area contributed by atoms with Crippen LogP contribution in [0, 0.1) is 0 Å². The normalized spacial score (nSPS) is 16.6. The van der Waals surface area contributed by atoms with E-state index in [-0.39, 0.29) is 0 Å². The summed E-state index contributed by atoms with van der Waals surface area (Å²) >= 11 is 0. The molecule has 1 aliphatic rings. The minimum atomic E-state index is 0.620. The zero-order valence-corrected chi connectivity index (χ0v) is 11.1. The molecule has 2 N–H and O–H groups in total. The number of hydrogen-bond donors (Lipinski definition) is 1. The number of methoxy groups -OCH3 is 1. The van der Waals surface area contributed by atoms with Gasteiger partial charge in [-0.15, -0.1) is 0 Å². The third-order valence-electron chi connectivity index (χ3n) is 3.64. The minimum absolute atomic E-state index is 0.620. The van der Waals surface area contributed by atoms with E-state index in [1.165, 1.54) is 37.8 Å². The van der Waals surface area contributed by atoms with Crippen molar-refractivity contribution in [1.82, 2.24) is 4.98 Å². The van der Waals surface area contributed by atoms with E-state index in [9.17, 15) is 0 Å². The smallest absolute Gasteiger partial charge is 0.214 e. The molecule has 0 bridgehead atoms. The predicted octanol–water partition coefficient (Wildman–Crippen LogP) is 2.19. The first-order valence-electron chi connectivity index (χ1n) is 6.82. The Morgan fingerprint density at radius 1 is 1.39 bits per heavy atom. The molecule has 2 rings (SSSR count). The van der Waals surface area contributed by atoms with Crippen molar-refractivity contribution >= 4 is 5.69 Å². The lowest BCUT2D eigenvalue weighted by Crippen LogP contribution is -2.40. The van der Waals surface area contributed by atoms with Crippen molar-refractivity contribution < 1.29 is 4.74 Å². The molecule has 0 amide bonds. The summed E-state index contributed by atoms with van der Waals surface area (Å²) < 4.78 is 5.20. The van der Waals surface area contributed by atoms with Crippen LogP contribution in [0.1, 0.15) is 32.1 Å². The van der Waals surface area contributed by atoms with Crippen LogP contribution in [-0.2, 0) is 0 Å². The Bertz CT molecular complexity index is 364. The van der Waals surface area contributed by atoms with Gasteiger partial charge in [0.1, 0.15) is 0 Å². The van der Waals surface area contributed by atoms with Crippen LogP contribution in [0.4, 0.5) is 5.69 Å². The molecule has 4 heteroatoms. The van der Waals surface area contributed by atoms with Crippen molar-refractivity contribution in [2.24, 2.45) is 5.73 Å². The van der Waals surface area contributed by atoms with Gasteiger partial charge in [-0.25, -0.2) is 4.98 Å². The topological polar surface area (TPSA) is 51.4 Å². The maximum absolute atomic E-state index is 5.76. The summed E-state index contributed by atoms with van der Waals surface area (Å²) in [4.78, 5) is 6.59. The van der Waals surface area contributed by atoms with Crippen molar-refractivity contribution in [1.29, 1.82) is 0 Å². The highest BCUT2D eigenvalue weighted by atomic mass is 16.5. The molecule has 1 aromatic rings. The second kappa shape index (κ2) is 6.59. The van der Waals surface area contributed by atoms with E-state index in [1.807, 2.05) is 12.1 Å². The van der Waals surface area contributed by atoms with Gasteiger partial charge < -0.3 is 15.4 Å². The van der Waals surface area contributed by atoms with Crippen LogP contribution in [0.25, 0.3) is 0 Å². The second-order valence-electron chi connectivity index (χ2n) is 4.83. The lowest BCUT2D eigenvalue weighted by molar-refractivity contribution is 0.395. The summed E-state index contributed by atoms with van der Waals surface area (Å²) in [5.41, 5.74) is 6.94. The molecule has 0 radical (unpaired) electrons. The lowest BCUT2D eigenvalue weighted by Gasteiger charge is -2.36. The SMILES string of the molecule is COc1cc(N(CCN)C2CCCCC2)ccn1. The summed E-state index contributed by atoms with van der Waals surface area (Å²) in [5.74, 6) is 0.672. The number of nitrogens with zero attached hydrogens (tertiary/aromatic N) is 2. The molecule has 4 nitrogen and oxygen atoms in total. The zero-order valence-electron chi connectivity index (χ0n) is 11.1. The number of rotatable bonds is 5.